The topological polar surface area (TPSA) is 28.2 Å². The molecule has 1 aliphatic heterocycles. The van der Waals surface area contributed by atoms with Crippen LogP contribution in [0, 0.1) is 5.92 Å². The van der Waals surface area contributed by atoms with Crippen LogP contribution in [0.2, 0.25) is 0 Å². The van der Waals surface area contributed by atoms with E-state index >= 15 is 0 Å². The lowest BCUT2D eigenvalue weighted by Gasteiger charge is -2.48. The quantitative estimate of drug-likeness (QED) is 0.927. The molecule has 1 aromatic rings. The van der Waals surface area contributed by atoms with Gasteiger partial charge in [-0.05, 0) is 32.6 Å². The molecular formula is C16H27N3S. The summed E-state index contributed by atoms with van der Waals surface area (Å²) in [5.74, 6) is 0.888. The summed E-state index contributed by atoms with van der Waals surface area (Å²) in [7, 11) is 0. The fraction of sp³-hybridized carbons (Fsp3) is 0.812. The van der Waals surface area contributed by atoms with Crippen LogP contribution in [0.1, 0.15) is 51.0 Å². The van der Waals surface area contributed by atoms with Crippen molar-refractivity contribution in [2.45, 2.75) is 64.1 Å². The van der Waals surface area contributed by atoms with Crippen molar-refractivity contribution in [2.75, 3.05) is 13.1 Å². The molecule has 2 aliphatic rings. The average Bonchev–Trinajstić information content (AvgIpc) is 2.95. The van der Waals surface area contributed by atoms with Crippen LogP contribution in [0.3, 0.4) is 0 Å². The van der Waals surface area contributed by atoms with Crippen LogP contribution in [-0.4, -0.2) is 34.6 Å². The van der Waals surface area contributed by atoms with Crippen molar-refractivity contribution in [2.24, 2.45) is 5.92 Å². The van der Waals surface area contributed by atoms with Crippen molar-refractivity contribution in [3.63, 3.8) is 0 Å². The lowest BCUT2D eigenvalue weighted by Crippen LogP contribution is -2.63. The lowest BCUT2D eigenvalue weighted by molar-refractivity contribution is 0.0374. The number of piperazine rings is 1. The Morgan fingerprint density at radius 2 is 2.15 bits per heavy atom. The SMILES string of the molecule is CC1(C)CNC(C2CCCCC2)CN1Cc1nccs1. The van der Waals surface area contributed by atoms with Crippen molar-refractivity contribution in [3.05, 3.63) is 16.6 Å². The summed E-state index contributed by atoms with van der Waals surface area (Å²) >= 11 is 1.78. The number of hydrogen-bond acceptors (Lipinski definition) is 4. The van der Waals surface area contributed by atoms with E-state index in [-0.39, 0.29) is 5.54 Å². The Kier molecular flexibility index (Phi) is 4.43. The van der Waals surface area contributed by atoms with Crippen LogP contribution in [0.5, 0.6) is 0 Å². The molecule has 1 saturated heterocycles. The molecule has 1 aromatic heterocycles. The fourth-order valence-electron chi connectivity index (χ4n) is 3.67. The summed E-state index contributed by atoms with van der Waals surface area (Å²) in [5, 5.41) is 7.17. The molecule has 0 bridgehead atoms. The molecule has 1 N–H and O–H groups in total. The molecule has 1 aliphatic carbocycles. The summed E-state index contributed by atoms with van der Waals surface area (Å²) in [4.78, 5) is 7.11. The molecule has 1 atom stereocenters. The van der Waals surface area contributed by atoms with Crippen molar-refractivity contribution in [3.8, 4) is 0 Å². The Morgan fingerprint density at radius 1 is 1.35 bits per heavy atom. The van der Waals surface area contributed by atoms with Crippen LogP contribution in [0.25, 0.3) is 0 Å². The summed E-state index contributed by atoms with van der Waals surface area (Å²) in [6, 6.07) is 0.684. The van der Waals surface area contributed by atoms with Crippen LogP contribution in [-0.2, 0) is 6.54 Å². The van der Waals surface area contributed by atoms with Crippen molar-refractivity contribution in [1.82, 2.24) is 15.2 Å². The molecule has 1 saturated carbocycles. The molecule has 0 aromatic carbocycles. The number of aromatic nitrogens is 1. The van der Waals surface area contributed by atoms with Gasteiger partial charge in [0.15, 0.2) is 0 Å². The molecule has 2 fully saturated rings. The van der Waals surface area contributed by atoms with Crippen molar-refractivity contribution in [1.29, 1.82) is 0 Å². The van der Waals surface area contributed by atoms with E-state index in [1.54, 1.807) is 11.3 Å². The highest BCUT2D eigenvalue weighted by atomic mass is 32.1. The third-order valence-electron chi connectivity index (χ3n) is 5.10. The highest BCUT2D eigenvalue weighted by Gasteiger charge is 2.37. The maximum Gasteiger partial charge on any atom is 0.107 e. The summed E-state index contributed by atoms with van der Waals surface area (Å²) in [5.41, 5.74) is 0.233. The summed E-state index contributed by atoms with van der Waals surface area (Å²) in [6.45, 7) is 7.99. The Bertz CT molecular complexity index is 409. The second-order valence-electron chi connectivity index (χ2n) is 7.00. The third-order valence-corrected chi connectivity index (χ3v) is 5.86. The van der Waals surface area contributed by atoms with Gasteiger partial charge in [0, 0.05) is 36.2 Å². The first-order valence-electron chi connectivity index (χ1n) is 8.02. The van der Waals surface area contributed by atoms with E-state index in [9.17, 15) is 0 Å². The highest BCUT2D eigenvalue weighted by Crippen LogP contribution is 2.31. The molecule has 1 unspecified atom stereocenters. The first kappa shape index (κ1) is 14.5. The van der Waals surface area contributed by atoms with Crippen molar-refractivity contribution < 1.29 is 0 Å². The first-order valence-corrected chi connectivity index (χ1v) is 8.90. The van der Waals surface area contributed by atoms with E-state index in [1.807, 2.05) is 6.20 Å². The normalized spacial score (nSPS) is 28.6. The maximum atomic E-state index is 4.47. The minimum absolute atomic E-state index is 0.233. The van der Waals surface area contributed by atoms with Crippen LogP contribution < -0.4 is 5.32 Å². The molecular weight excluding hydrogens is 266 g/mol. The first-order chi connectivity index (χ1) is 9.65. The van der Waals surface area contributed by atoms with E-state index in [1.165, 1.54) is 43.7 Å². The molecule has 112 valence electrons. The molecule has 3 nitrogen and oxygen atoms in total. The van der Waals surface area contributed by atoms with E-state index in [4.69, 9.17) is 0 Å². The standard InChI is InChI=1S/C16H27N3S/c1-16(2)12-18-14(13-6-4-3-5-7-13)10-19(16)11-15-17-8-9-20-15/h8-9,13-14,18H,3-7,10-12H2,1-2H3. The smallest absolute Gasteiger partial charge is 0.107 e. The van der Waals surface area contributed by atoms with Crippen LogP contribution in [0.15, 0.2) is 11.6 Å². The molecule has 4 heteroatoms. The van der Waals surface area contributed by atoms with Gasteiger partial charge < -0.3 is 5.32 Å². The largest absolute Gasteiger partial charge is 0.311 e. The van der Waals surface area contributed by atoms with Gasteiger partial charge in [0.2, 0.25) is 0 Å². The van der Waals surface area contributed by atoms with Gasteiger partial charge in [0.25, 0.3) is 0 Å². The Hall–Kier alpha value is -0.450. The zero-order valence-corrected chi connectivity index (χ0v) is 13.6. The zero-order valence-electron chi connectivity index (χ0n) is 12.8. The van der Waals surface area contributed by atoms with Gasteiger partial charge in [0.05, 0.1) is 6.54 Å². The van der Waals surface area contributed by atoms with Gasteiger partial charge in [-0.3, -0.25) is 4.90 Å². The van der Waals surface area contributed by atoms with E-state index in [0.29, 0.717) is 6.04 Å². The Morgan fingerprint density at radius 3 is 2.85 bits per heavy atom. The third kappa shape index (κ3) is 3.23. The van der Waals surface area contributed by atoms with Gasteiger partial charge in [-0.15, -0.1) is 11.3 Å². The molecule has 3 rings (SSSR count). The monoisotopic (exact) mass is 293 g/mol. The van der Waals surface area contributed by atoms with Gasteiger partial charge in [-0.1, -0.05) is 19.3 Å². The van der Waals surface area contributed by atoms with Gasteiger partial charge in [-0.2, -0.15) is 0 Å². The average molecular weight is 293 g/mol. The second-order valence-corrected chi connectivity index (χ2v) is 7.98. The van der Waals surface area contributed by atoms with Gasteiger partial charge in [-0.25, -0.2) is 4.98 Å². The van der Waals surface area contributed by atoms with E-state index in [2.05, 4.69) is 34.4 Å². The van der Waals surface area contributed by atoms with E-state index < -0.39 is 0 Å². The van der Waals surface area contributed by atoms with Crippen molar-refractivity contribution >= 4 is 11.3 Å². The zero-order chi connectivity index (χ0) is 14.0. The van der Waals surface area contributed by atoms with Crippen LogP contribution >= 0.6 is 11.3 Å². The Balaban J connectivity index is 1.66. The second kappa shape index (κ2) is 6.12. The number of hydrogen-bond donors (Lipinski definition) is 1. The Labute approximate surface area is 126 Å². The lowest BCUT2D eigenvalue weighted by atomic mass is 9.81. The fourth-order valence-corrected chi connectivity index (χ4v) is 4.30. The minimum Gasteiger partial charge on any atom is -0.311 e. The molecule has 0 spiro atoms. The number of rotatable bonds is 3. The molecule has 0 radical (unpaired) electrons. The van der Waals surface area contributed by atoms with Crippen LogP contribution in [0.4, 0.5) is 0 Å². The minimum atomic E-state index is 0.233. The predicted molar refractivity (Wildman–Crippen MR) is 85.0 cm³/mol. The molecule has 20 heavy (non-hydrogen) atoms. The number of nitrogens with one attached hydrogen (secondary N) is 1. The number of thiazole rings is 1. The number of nitrogens with zero attached hydrogens (tertiary/aromatic N) is 2. The van der Waals surface area contributed by atoms with Gasteiger partial charge in [0.1, 0.15) is 5.01 Å². The molecule has 2 heterocycles. The van der Waals surface area contributed by atoms with Gasteiger partial charge >= 0.3 is 0 Å². The predicted octanol–water partition coefficient (Wildman–Crippen LogP) is 3.28. The summed E-state index contributed by atoms with van der Waals surface area (Å²) in [6.07, 6.45) is 9.06. The highest BCUT2D eigenvalue weighted by molar-refractivity contribution is 7.09. The molecule has 0 amide bonds. The van der Waals surface area contributed by atoms with E-state index in [0.717, 1.165) is 19.0 Å². The maximum absolute atomic E-state index is 4.47. The summed E-state index contributed by atoms with van der Waals surface area (Å²) < 4.78 is 0.